The highest BCUT2D eigenvalue weighted by atomic mass is 35.5. The third-order valence-electron chi connectivity index (χ3n) is 10.1. The number of carbonyl (C=O) groups is 2. The first kappa shape index (κ1) is 39.4. The van der Waals surface area contributed by atoms with Crippen LogP contribution in [0, 0.1) is 11.7 Å². The summed E-state index contributed by atoms with van der Waals surface area (Å²) in [4.78, 5) is 32.3. The molecule has 9 nitrogen and oxygen atoms in total. The maximum Gasteiger partial charge on any atom is 0.332 e. The zero-order chi connectivity index (χ0) is 37.4. The quantitative estimate of drug-likeness (QED) is 0.114. The number of benzene rings is 3. The van der Waals surface area contributed by atoms with Gasteiger partial charge in [-0.15, -0.1) is 0 Å². The van der Waals surface area contributed by atoms with Crippen LogP contribution in [0.2, 0.25) is 5.02 Å². The van der Waals surface area contributed by atoms with Crippen LogP contribution in [-0.4, -0.2) is 79.4 Å². The lowest BCUT2D eigenvalue weighted by Crippen LogP contribution is -2.49. The Labute approximate surface area is 311 Å². The van der Waals surface area contributed by atoms with Gasteiger partial charge in [0.1, 0.15) is 23.8 Å². The second-order valence-electron chi connectivity index (χ2n) is 14.1. The average molecular weight is 735 g/mol. The van der Waals surface area contributed by atoms with Gasteiger partial charge in [-0.05, 0) is 92.7 Å². The summed E-state index contributed by atoms with van der Waals surface area (Å²) in [6.45, 7) is 8.07. The Morgan fingerprint density at radius 3 is 2.63 bits per heavy atom. The van der Waals surface area contributed by atoms with Crippen LogP contribution in [0.1, 0.15) is 80.3 Å². The standard InChI is InChI=1S/C41H52ClFN4O5/c1-7-51-40(32-16-14-28(23-33(32)42)24-37(48)44-4)47-35-12-9-8-11-34(35)45-36(47)13-10-21-46(5)22-20-41(52-38(49)26-50-6)19-18-29-25-30(43)15-17-31(29)39(41)27(2)3/h8-9,11-12,14-17,23,25,27,39-40H,7,10,13,18-22,24,26H2,1-6H3,(H,44,48)/t39-,40?,41-/m0/s1. The molecule has 3 aromatic carbocycles. The Morgan fingerprint density at radius 2 is 1.92 bits per heavy atom. The van der Waals surface area contributed by atoms with E-state index in [2.05, 4.69) is 35.7 Å². The number of hydrogen-bond donors (Lipinski definition) is 1. The van der Waals surface area contributed by atoms with Crippen LogP contribution in [0.25, 0.3) is 11.0 Å². The number of ether oxygens (including phenoxy) is 3. The minimum Gasteiger partial charge on any atom is -0.457 e. The fourth-order valence-corrected chi connectivity index (χ4v) is 8.11. The number of halogens is 2. The summed E-state index contributed by atoms with van der Waals surface area (Å²) in [6.07, 6.45) is 3.14. The van der Waals surface area contributed by atoms with Gasteiger partial charge in [0.15, 0.2) is 6.23 Å². The number of nitrogens with zero attached hydrogens (tertiary/aromatic N) is 3. The highest BCUT2D eigenvalue weighted by Crippen LogP contribution is 2.48. The summed E-state index contributed by atoms with van der Waals surface area (Å²) in [5, 5.41) is 3.19. The molecule has 1 aliphatic rings. The molecule has 4 aromatic rings. The monoisotopic (exact) mass is 734 g/mol. The SMILES string of the molecule is CCOC(c1ccc(CC(=O)NC)cc1Cl)n1c(CCCN(C)CC[C@@]2(OC(=O)COC)CCc3cc(F)ccc3[C@@H]2C(C)C)nc2ccccc21. The Balaban J connectivity index is 1.34. The number of amides is 1. The highest BCUT2D eigenvalue weighted by Gasteiger charge is 2.47. The third kappa shape index (κ3) is 9.02. The molecule has 1 aromatic heterocycles. The fraction of sp³-hybridized carbons (Fsp3) is 0.488. The summed E-state index contributed by atoms with van der Waals surface area (Å²) >= 11 is 6.87. The first-order chi connectivity index (χ1) is 25.0. The molecular formula is C41H52ClFN4O5. The normalized spacial score (nSPS) is 17.8. The first-order valence-corrected chi connectivity index (χ1v) is 18.6. The molecule has 0 radical (unpaired) electrons. The Hall–Kier alpha value is -3.83. The van der Waals surface area contributed by atoms with E-state index in [1.807, 2.05) is 55.5 Å². The predicted molar refractivity (Wildman–Crippen MR) is 202 cm³/mol. The van der Waals surface area contributed by atoms with Gasteiger partial charge >= 0.3 is 5.97 Å². The lowest BCUT2D eigenvalue weighted by molar-refractivity contribution is -0.172. The number of aryl methyl sites for hydroxylation is 2. The molecule has 3 atom stereocenters. The van der Waals surface area contributed by atoms with E-state index in [-0.39, 0.29) is 42.6 Å². The van der Waals surface area contributed by atoms with Crippen LogP contribution >= 0.6 is 11.6 Å². The number of aromatic nitrogens is 2. The number of likely N-dealkylation sites (N-methyl/N-ethyl adjacent to an activating group) is 1. The van der Waals surface area contributed by atoms with E-state index in [1.54, 1.807) is 13.1 Å². The number of nitrogens with one attached hydrogen (secondary N) is 1. The molecule has 0 spiro atoms. The van der Waals surface area contributed by atoms with Gasteiger partial charge in [0.05, 0.1) is 17.5 Å². The van der Waals surface area contributed by atoms with Gasteiger partial charge in [-0.2, -0.15) is 0 Å². The molecule has 0 saturated heterocycles. The molecule has 1 amide bonds. The van der Waals surface area contributed by atoms with E-state index in [4.69, 9.17) is 30.8 Å². The molecular weight excluding hydrogens is 683 g/mol. The van der Waals surface area contributed by atoms with Crippen molar-refractivity contribution >= 4 is 34.5 Å². The number of rotatable bonds is 17. The molecule has 1 heterocycles. The topological polar surface area (TPSA) is 94.9 Å². The number of fused-ring (bicyclic) bond motifs is 2. The van der Waals surface area contributed by atoms with Crippen molar-refractivity contribution < 1.29 is 28.2 Å². The Morgan fingerprint density at radius 1 is 1.13 bits per heavy atom. The smallest absolute Gasteiger partial charge is 0.332 e. The molecule has 280 valence electrons. The summed E-state index contributed by atoms with van der Waals surface area (Å²) in [7, 11) is 5.20. The minimum atomic E-state index is -0.739. The zero-order valence-electron chi connectivity index (χ0n) is 31.2. The van der Waals surface area contributed by atoms with E-state index >= 15 is 0 Å². The van der Waals surface area contributed by atoms with Crippen molar-refractivity contribution in [2.45, 2.75) is 77.0 Å². The molecule has 5 rings (SSSR count). The van der Waals surface area contributed by atoms with Crippen LogP contribution in [-0.2, 0) is 43.1 Å². The van der Waals surface area contributed by atoms with Crippen LogP contribution in [0.3, 0.4) is 0 Å². The maximum absolute atomic E-state index is 14.2. The number of hydrogen-bond acceptors (Lipinski definition) is 7. The second kappa shape index (κ2) is 17.8. The molecule has 0 saturated carbocycles. The van der Waals surface area contributed by atoms with E-state index < -0.39 is 11.8 Å². The van der Waals surface area contributed by atoms with Gasteiger partial charge in [0, 0.05) is 56.7 Å². The zero-order valence-corrected chi connectivity index (χ0v) is 32.0. The van der Waals surface area contributed by atoms with Gasteiger partial charge < -0.3 is 24.4 Å². The summed E-state index contributed by atoms with van der Waals surface area (Å²) in [5.74, 6) is 0.263. The summed E-state index contributed by atoms with van der Waals surface area (Å²) < 4.78 is 34.2. The highest BCUT2D eigenvalue weighted by molar-refractivity contribution is 6.31. The van der Waals surface area contributed by atoms with Crippen molar-refractivity contribution in [2.75, 3.05) is 47.5 Å². The molecule has 0 bridgehead atoms. The van der Waals surface area contributed by atoms with E-state index in [0.29, 0.717) is 43.9 Å². The summed E-state index contributed by atoms with van der Waals surface area (Å²) in [5.41, 5.74) is 4.75. The molecule has 1 aliphatic carbocycles. The molecule has 0 fully saturated rings. The summed E-state index contributed by atoms with van der Waals surface area (Å²) in [6, 6.07) is 18.7. The molecule has 1 N–H and O–H groups in total. The van der Waals surface area contributed by atoms with Gasteiger partial charge in [0.25, 0.3) is 0 Å². The van der Waals surface area contributed by atoms with Crippen molar-refractivity contribution in [1.29, 1.82) is 0 Å². The van der Waals surface area contributed by atoms with Gasteiger partial charge in [0.2, 0.25) is 5.91 Å². The third-order valence-corrected chi connectivity index (χ3v) is 10.5. The molecule has 11 heteroatoms. The lowest BCUT2D eigenvalue weighted by Gasteiger charge is -2.47. The number of imidazole rings is 1. The molecule has 52 heavy (non-hydrogen) atoms. The van der Waals surface area contributed by atoms with Gasteiger partial charge in [-0.1, -0.05) is 55.8 Å². The maximum atomic E-state index is 14.2. The second-order valence-corrected chi connectivity index (χ2v) is 14.5. The van der Waals surface area contributed by atoms with E-state index in [0.717, 1.165) is 52.1 Å². The van der Waals surface area contributed by atoms with Crippen molar-refractivity contribution in [3.63, 3.8) is 0 Å². The lowest BCUT2D eigenvalue weighted by atomic mass is 9.65. The average Bonchev–Trinajstić information content (AvgIpc) is 3.47. The number of carbonyl (C=O) groups excluding carboxylic acids is 2. The Bertz CT molecular complexity index is 1850. The van der Waals surface area contributed by atoms with Crippen LogP contribution in [0.4, 0.5) is 4.39 Å². The van der Waals surface area contributed by atoms with E-state index in [9.17, 15) is 14.0 Å². The fourth-order valence-electron chi connectivity index (χ4n) is 7.81. The molecule has 1 unspecified atom stereocenters. The van der Waals surface area contributed by atoms with Crippen LogP contribution < -0.4 is 5.32 Å². The number of methoxy groups -OCH3 is 1. The minimum absolute atomic E-state index is 0.0776. The first-order valence-electron chi connectivity index (χ1n) is 18.2. The van der Waals surface area contributed by atoms with Gasteiger partial charge in [-0.3, -0.25) is 9.36 Å². The van der Waals surface area contributed by atoms with Crippen molar-refractivity contribution in [3.8, 4) is 0 Å². The van der Waals surface area contributed by atoms with Crippen LogP contribution in [0.5, 0.6) is 0 Å². The van der Waals surface area contributed by atoms with Gasteiger partial charge in [-0.25, -0.2) is 14.2 Å². The number of para-hydroxylation sites is 2. The predicted octanol–water partition coefficient (Wildman–Crippen LogP) is 7.27. The largest absolute Gasteiger partial charge is 0.457 e. The van der Waals surface area contributed by atoms with Crippen molar-refractivity contribution in [2.24, 2.45) is 5.92 Å². The van der Waals surface area contributed by atoms with E-state index in [1.165, 1.54) is 13.2 Å². The van der Waals surface area contributed by atoms with Crippen molar-refractivity contribution in [3.05, 3.63) is 99.6 Å². The molecule has 0 aliphatic heterocycles. The number of esters is 1. The van der Waals surface area contributed by atoms with Crippen molar-refractivity contribution in [1.82, 2.24) is 19.8 Å². The van der Waals surface area contributed by atoms with Crippen LogP contribution in [0.15, 0.2) is 60.7 Å². The Kier molecular flexibility index (Phi) is 13.5.